The van der Waals surface area contributed by atoms with Crippen LogP contribution in [0.2, 0.25) is 0 Å². The summed E-state index contributed by atoms with van der Waals surface area (Å²) >= 11 is 0. The van der Waals surface area contributed by atoms with E-state index in [2.05, 4.69) is 10.3 Å². The normalized spacial score (nSPS) is 17.2. The molecule has 1 heterocycles. The molecule has 0 atom stereocenters. The molecule has 1 aliphatic carbocycles. The second-order valence-corrected chi connectivity index (χ2v) is 4.31. The van der Waals surface area contributed by atoms with Gasteiger partial charge in [0.05, 0.1) is 6.20 Å². The zero-order valence-corrected chi connectivity index (χ0v) is 8.84. The van der Waals surface area contributed by atoms with Crippen molar-refractivity contribution in [1.29, 1.82) is 0 Å². The first-order valence-electron chi connectivity index (χ1n) is 5.31. The molecule has 16 heavy (non-hydrogen) atoms. The zero-order valence-electron chi connectivity index (χ0n) is 8.84. The first-order valence-corrected chi connectivity index (χ1v) is 5.31. The van der Waals surface area contributed by atoms with Crippen molar-refractivity contribution in [2.24, 2.45) is 5.41 Å². The molecule has 1 aromatic heterocycles. The Bertz CT molecular complexity index is 380. The average Bonchev–Trinajstić information content (AvgIpc) is 2.98. The minimum absolute atomic E-state index is 0.0746. The first kappa shape index (κ1) is 11.3. The van der Waals surface area contributed by atoms with Gasteiger partial charge in [-0.15, -0.1) is 0 Å². The number of aliphatic hydroxyl groups excluding tert-OH is 1. The van der Waals surface area contributed by atoms with Gasteiger partial charge in [0.1, 0.15) is 5.82 Å². The summed E-state index contributed by atoms with van der Waals surface area (Å²) < 4.78 is 25.8. The van der Waals surface area contributed by atoms with Crippen molar-refractivity contribution < 1.29 is 13.9 Å². The predicted molar refractivity (Wildman–Crippen MR) is 56.0 cm³/mol. The number of aliphatic hydroxyl groups is 1. The van der Waals surface area contributed by atoms with E-state index in [-0.39, 0.29) is 17.8 Å². The van der Waals surface area contributed by atoms with Crippen LogP contribution in [-0.4, -0.2) is 23.2 Å². The van der Waals surface area contributed by atoms with Gasteiger partial charge in [0.25, 0.3) is 0 Å². The molecule has 88 valence electrons. The Labute approximate surface area is 92.5 Å². The van der Waals surface area contributed by atoms with Crippen LogP contribution in [0.4, 0.5) is 14.6 Å². The predicted octanol–water partition coefficient (Wildman–Crippen LogP) is 1.93. The molecule has 3 nitrogen and oxygen atoms in total. The van der Waals surface area contributed by atoms with Crippen LogP contribution < -0.4 is 5.32 Å². The number of aromatic nitrogens is 1. The number of pyridine rings is 1. The summed E-state index contributed by atoms with van der Waals surface area (Å²) in [6.45, 7) is 0.712. The van der Waals surface area contributed by atoms with Crippen molar-refractivity contribution in [3.8, 4) is 0 Å². The van der Waals surface area contributed by atoms with Gasteiger partial charge in [-0.05, 0) is 24.7 Å². The van der Waals surface area contributed by atoms with Crippen LogP contribution in [0.5, 0.6) is 0 Å². The molecular weight excluding hydrogens is 214 g/mol. The molecule has 0 saturated heterocycles. The highest BCUT2D eigenvalue weighted by molar-refractivity contribution is 5.36. The molecule has 0 unspecified atom stereocenters. The molecular formula is C11H14F2N2O. The van der Waals surface area contributed by atoms with Gasteiger partial charge in [0.15, 0.2) is 11.6 Å². The molecule has 0 radical (unpaired) electrons. The van der Waals surface area contributed by atoms with Gasteiger partial charge in [-0.25, -0.2) is 13.8 Å². The van der Waals surface area contributed by atoms with E-state index in [1.54, 1.807) is 0 Å². The molecule has 1 saturated carbocycles. The van der Waals surface area contributed by atoms with Gasteiger partial charge < -0.3 is 10.4 Å². The lowest BCUT2D eigenvalue weighted by Crippen LogP contribution is -2.18. The van der Waals surface area contributed by atoms with Gasteiger partial charge in [0, 0.05) is 19.2 Å². The van der Waals surface area contributed by atoms with E-state index in [1.165, 1.54) is 0 Å². The average molecular weight is 228 g/mol. The Morgan fingerprint density at radius 1 is 1.44 bits per heavy atom. The van der Waals surface area contributed by atoms with E-state index in [1.807, 2.05) is 0 Å². The van der Waals surface area contributed by atoms with Crippen LogP contribution in [0.15, 0.2) is 12.3 Å². The summed E-state index contributed by atoms with van der Waals surface area (Å²) in [6, 6.07) is 0.806. The minimum atomic E-state index is -0.681. The zero-order chi connectivity index (χ0) is 11.6. The van der Waals surface area contributed by atoms with Gasteiger partial charge >= 0.3 is 0 Å². The molecule has 0 bridgehead atoms. The van der Waals surface area contributed by atoms with Crippen molar-refractivity contribution in [3.63, 3.8) is 0 Å². The van der Waals surface area contributed by atoms with Crippen LogP contribution in [-0.2, 0) is 0 Å². The minimum Gasteiger partial charge on any atom is -0.396 e. The second kappa shape index (κ2) is 4.33. The molecule has 1 aromatic rings. The SMILES string of the molecule is OCCC1(CNc2ncc(F)cc2F)CC1. The van der Waals surface area contributed by atoms with Crippen molar-refractivity contribution >= 4 is 5.82 Å². The fourth-order valence-corrected chi connectivity index (χ4v) is 1.74. The Morgan fingerprint density at radius 3 is 2.75 bits per heavy atom. The summed E-state index contributed by atoms with van der Waals surface area (Å²) in [5, 5.41) is 11.7. The molecule has 0 spiro atoms. The molecule has 0 amide bonds. The summed E-state index contributed by atoms with van der Waals surface area (Å²) in [7, 11) is 0. The summed E-state index contributed by atoms with van der Waals surface area (Å²) in [5.74, 6) is -1.29. The molecule has 0 aliphatic heterocycles. The van der Waals surface area contributed by atoms with Gasteiger partial charge in [-0.3, -0.25) is 0 Å². The number of hydrogen-bond acceptors (Lipinski definition) is 3. The molecule has 0 aromatic carbocycles. The van der Waals surface area contributed by atoms with Crippen molar-refractivity contribution in [3.05, 3.63) is 23.9 Å². The highest BCUT2D eigenvalue weighted by Crippen LogP contribution is 2.48. The highest BCUT2D eigenvalue weighted by atomic mass is 19.1. The lowest BCUT2D eigenvalue weighted by molar-refractivity contribution is 0.253. The maximum atomic E-state index is 13.2. The van der Waals surface area contributed by atoms with Crippen LogP contribution >= 0.6 is 0 Å². The number of hydrogen-bond donors (Lipinski definition) is 2. The quantitative estimate of drug-likeness (QED) is 0.809. The van der Waals surface area contributed by atoms with E-state index in [0.717, 1.165) is 25.1 Å². The van der Waals surface area contributed by atoms with Crippen molar-refractivity contribution in [2.75, 3.05) is 18.5 Å². The molecule has 2 rings (SSSR count). The van der Waals surface area contributed by atoms with Crippen LogP contribution in [0.1, 0.15) is 19.3 Å². The number of rotatable bonds is 5. The molecule has 5 heteroatoms. The van der Waals surface area contributed by atoms with Crippen molar-refractivity contribution in [1.82, 2.24) is 4.98 Å². The second-order valence-electron chi connectivity index (χ2n) is 4.31. The third kappa shape index (κ3) is 2.47. The summed E-state index contributed by atoms with van der Waals surface area (Å²) in [6.07, 6.45) is 3.76. The number of halogens is 2. The van der Waals surface area contributed by atoms with Gasteiger partial charge in [-0.2, -0.15) is 0 Å². The monoisotopic (exact) mass is 228 g/mol. The van der Waals surface area contributed by atoms with E-state index in [0.29, 0.717) is 13.0 Å². The molecule has 1 aliphatic rings. The van der Waals surface area contributed by atoms with E-state index < -0.39 is 11.6 Å². The Morgan fingerprint density at radius 2 is 2.19 bits per heavy atom. The lowest BCUT2D eigenvalue weighted by atomic mass is 10.0. The fraction of sp³-hybridized carbons (Fsp3) is 0.545. The number of nitrogens with one attached hydrogen (secondary N) is 1. The lowest BCUT2D eigenvalue weighted by Gasteiger charge is -2.15. The van der Waals surface area contributed by atoms with E-state index in [4.69, 9.17) is 5.11 Å². The van der Waals surface area contributed by atoms with Crippen molar-refractivity contribution in [2.45, 2.75) is 19.3 Å². The highest BCUT2D eigenvalue weighted by Gasteiger charge is 2.41. The topological polar surface area (TPSA) is 45.1 Å². The standard InChI is InChI=1S/C11H14F2N2O/c12-8-5-9(13)10(14-6-8)15-7-11(1-2-11)3-4-16/h5-6,16H,1-4,7H2,(H,14,15). The van der Waals surface area contributed by atoms with E-state index in [9.17, 15) is 8.78 Å². The Hall–Kier alpha value is -1.23. The molecule has 2 N–H and O–H groups in total. The number of nitrogens with zero attached hydrogens (tertiary/aromatic N) is 1. The van der Waals surface area contributed by atoms with Crippen LogP contribution in [0.25, 0.3) is 0 Å². The van der Waals surface area contributed by atoms with Gasteiger partial charge in [-0.1, -0.05) is 0 Å². The first-order chi connectivity index (χ1) is 7.65. The third-order valence-electron chi connectivity index (χ3n) is 3.04. The largest absolute Gasteiger partial charge is 0.396 e. The maximum absolute atomic E-state index is 13.2. The van der Waals surface area contributed by atoms with E-state index >= 15 is 0 Å². The number of anilines is 1. The Balaban J connectivity index is 1.94. The summed E-state index contributed by atoms with van der Waals surface area (Å²) in [4.78, 5) is 3.65. The fourth-order valence-electron chi connectivity index (χ4n) is 1.74. The third-order valence-corrected chi connectivity index (χ3v) is 3.04. The van der Waals surface area contributed by atoms with Crippen LogP contribution in [0, 0.1) is 17.0 Å². The van der Waals surface area contributed by atoms with Crippen LogP contribution in [0.3, 0.4) is 0 Å². The smallest absolute Gasteiger partial charge is 0.168 e. The maximum Gasteiger partial charge on any atom is 0.168 e. The summed E-state index contributed by atoms with van der Waals surface area (Å²) in [5.41, 5.74) is 0.0806. The molecule has 1 fully saturated rings. The van der Waals surface area contributed by atoms with Gasteiger partial charge in [0.2, 0.25) is 0 Å². The Kier molecular flexibility index (Phi) is 3.05.